The zero-order valence-corrected chi connectivity index (χ0v) is 11.2. The van der Waals surface area contributed by atoms with Crippen molar-refractivity contribution in [1.29, 1.82) is 0 Å². The van der Waals surface area contributed by atoms with E-state index in [1.54, 1.807) is 0 Å². The maximum atomic E-state index is 6.64. The molecule has 18 heavy (non-hydrogen) atoms. The number of benzene rings is 1. The summed E-state index contributed by atoms with van der Waals surface area (Å²) >= 11 is 0. The molecule has 2 rings (SSSR count). The Labute approximate surface area is 110 Å². The highest BCUT2D eigenvalue weighted by Crippen LogP contribution is 2.35. The number of rotatable bonds is 5. The fraction of sp³-hybridized carbons (Fsp3) is 0.412. The highest BCUT2D eigenvalue weighted by atomic mass is 14.7. The fourth-order valence-electron chi connectivity index (χ4n) is 2.69. The van der Waals surface area contributed by atoms with Gasteiger partial charge < -0.3 is 5.73 Å². The number of unbranched alkanes of at least 4 members (excludes halogenated alkanes) is 2. The van der Waals surface area contributed by atoms with Crippen molar-refractivity contribution in [2.75, 3.05) is 0 Å². The third-order valence-electron chi connectivity index (χ3n) is 3.77. The third-order valence-corrected chi connectivity index (χ3v) is 3.77. The van der Waals surface area contributed by atoms with Crippen LogP contribution in [-0.4, -0.2) is 5.54 Å². The van der Waals surface area contributed by atoms with Gasteiger partial charge in [-0.2, -0.15) is 0 Å². The van der Waals surface area contributed by atoms with Gasteiger partial charge in [0.1, 0.15) is 0 Å². The maximum absolute atomic E-state index is 6.64. The standard InChI is InChI=1S/C17H23N/c1-2-3-8-13-17(18)14-9-7-12-16(17)15-10-5-4-6-11-15/h4-7,9-12,14,16H,2-3,8,13,18H2,1H3. The van der Waals surface area contributed by atoms with Crippen LogP contribution < -0.4 is 5.73 Å². The minimum Gasteiger partial charge on any atom is -0.321 e. The van der Waals surface area contributed by atoms with Crippen LogP contribution in [0.25, 0.3) is 0 Å². The topological polar surface area (TPSA) is 26.0 Å². The quantitative estimate of drug-likeness (QED) is 0.769. The Hall–Kier alpha value is -1.34. The van der Waals surface area contributed by atoms with E-state index in [1.165, 1.54) is 24.8 Å². The van der Waals surface area contributed by atoms with Crippen LogP contribution in [0.1, 0.15) is 44.1 Å². The lowest BCUT2D eigenvalue weighted by Gasteiger charge is -2.35. The fourth-order valence-corrected chi connectivity index (χ4v) is 2.69. The Morgan fingerprint density at radius 3 is 2.61 bits per heavy atom. The van der Waals surface area contributed by atoms with Crippen molar-refractivity contribution in [2.24, 2.45) is 5.73 Å². The van der Waals surface area contributed by atoms with Gasteiger partial charge in [-0.1, -0.05) is 80.8 Å². The van der Waals surface area contributed by atoms with E-state index in [1.807, 2.05) is 0 Å². The molecule has 96 valence electrons. The van der Waals surface area contributed by atoms with Crippen molar-refractivity contribution in [2.45, 2.75) is 44.1 Å². The second kappa shape index (κ2) is 6.01. The normalized spacial score (nSPS) is 26.4. The molecule has 2 atom stereocenters. The Morgan fingerprint density at radius 2 is 1.89 bits per heavy atom. The van der Waals surface area contributed by atoms with Crippen LogP contribution in [0.3, 0.4) is 0 Å². The van der Waals surface area contributed by atoms with E-state index in [-0.39, 0.29) is 5.54 Å². The molecule has 0 aromatic heterocycles. The van der Waals surface area contributed by atoms with E-state index in [9.17, 15) is 0 Å². The third kappa shape index (κ3) is 2.91. The lowest BCUT2D eigenvalue weighted by molar-refractivity contribution is 0.417. The van der Waals surface area contributed by atoms with E-state index in [2.05, 4.69) is 61.6 Å². The molecule has 2 N–H and O–H groups in total. The molecule has 0 saturated carbocycles. The van der Waals surface area contributed by atoms with Crippen molar-refractivity contribution in [1.82, 2.24) is 0 Å². The molecule has 1 aliphatic rings. The van der Waals surface area contributed by atoms with Crippen molar-refractivity contribution < 1.29 is 0 Å². The summed E-state index contributed by atoms with van der Waals surface area (Å²) in [5.74, 6) is 0.306. The summed E-state index contributed by atoms with van der Waals surface area (Å²) in [5, 5.41) is 0. The molecule has 1 heteroatoms. The summed E-state index contributed by atoms with van der Waals surface area (Å²) in [6, 6.07) is 10.6. The van der Waals surface area contributed by atoms with Crippen LogP contribution in [-0.2, 0) is 0 Å². The molecule has 2 unspecified atom stereocenters. The van der Waals surface area contributed by atoms with Crippen LogP contribution in [0.2, 0.25) is 0 Å². The first-order chi connectivity index (χ1) is 8.76. The molecule has 0 radical (unpaired) electrons. The molecule has 1 aliphatic carbocycles. The number of hydrogen-bond donors (Lipinski definition) is 1. The number of allylic oxidation sites excluding steroid dienone is 2. The average molecular weight is 241 g/mol. The summed E-state index contributed by atoms with van der Waals surface area (Å²) in [5.41, 5.74) is 7.74. The van der Waals surface area contributed by atoms with Crippen molar-refractivity contribution in [3.63, 3.8) is 0 Å². The van der Waals surface area contributed by atoms with Gasteiger partial charge in [-0.25, -0.2) is 0 Å². The van der Waals surface area contributed by atoms with Crippen LogP contribution in [0.4, 0.5) is 0 Å². The number of nitrogens with two attached hydrogens (primary N) is 1. The molecule has 0 saturated heterocycles. The minimum absolute atomic E-state index is 0.217. The monoisotopic (exact) mass is 241 g/mol. The molecule has 1 nitrogen and oxygen atoms in total. The molecular weight excluding hydrogens is 218 g/mol. The Balaban J connectivity index is 2.16. The van der Waals surface area contributed by atoms with Crippen LogP contribution in [0.5, 0.6) is 0 Å². The second-order valence-corrected chi connectivity index (χ2v) is 5.20. The average Bonchev–Trinajstić information content (AvgIpc) is 2.40. The van der Waals surface area contributed by atoms with Gasteiger partial charge >= 0.3 is 0 Å². The molecule has 0 aliphatic heterocycles. The van der Waals surface area contributed by atoms with Crippen LogP contribution >= 0.6 is 0 Å². The lowest BCUT2D eigenvalue weighted by atomic mass is 9.74. The summed E-state index contributed by atoms with van der Waals surface area (Å²) in [7, 11) is 0. The summed E-state index contributed by atoms with van der Waals surface area (Å²) in [4.78, 5) is 0. The molecule has 1 aromatic carbocycles. The van der Waals surface area contributed by atoms with Gasteiger partial charge in [0.25, 0.3) is 0 Å². The second-order valence-electron chi connectivity index (χ2n) is 5.20. The summed E-state index contributed by atoms with van der Waals surface area (Å²) in [6.07, 6.45) is 13.4. The van der Waals surface area contributed by atoms with E-state index >= 15 is 0 Å². The zero-order chi connectivity index (χ0) is 12.8. The molecule has 0 amide bonds. The SMILES string of the molecule is CCCCCC1(N)C=CC=CC1c1ccccc1. The zero-order valence-electron chi connectivity index (χ0n) is 11.2. The predicted octanol–water partition coefficient (Wildman–Crippen LogP) is 4.17. The van der Waals surface area contributed by atoms with Crippen LogP contribution in [0.15, 0.2) is 54.6 Å². The molecule has 0 fully saturated rings. The van der Waals surface area contributed by atoms with Gasteiger partial charge in [-0.05, 0) is 12.0 Å². The maximum Gasteiger partial charge on any atom is 0.0447 e. The largest absolute Gasteiger partial charge is 0.321 e. The van der Waals surface area contributed by atoms with Crippen LogP contribution in [0, 0.1) is 0 Å². The van der Waals surface area contributed by atoms with E-state index < -0.39 is 0 Å². The molecular formula is C17H23N. The first kappa shape index (κ1) is 13.1. The molecule has 1 aromatic rings. The highest BCUT2D eigenvalue weighted by Gasteiger charge is 2.32. The minimum atomic E-state index is -0.217. The number of hydrogen-bond acceptors (Lipinski definition) is 1. The van der Waals surface area contributed by atoms with E-state index in [0.29, 0.717) is 5.92 Å². The van der Waals surface area contributed by atoms with Crippen molar-refractivity contribution >= 4 is 0 Å². The predicted molar refractivity (Wildman–Crippen MR) is 78.5 cm³/mol. The van der Waals surface area contributed by atoms with Gasteiger partial charge in [-0.3, -0.25) is 0 Å². The van der Waals surface area contributed by atoms with E-state index in [4.69, 9.17) is 5.73 Å². The Kier molecular flexibility index (Phi) is 4.38. The van der Waals surface area contributed by atoms with E-state index in [0.717, 1.165) is 6.42 Å². The Morgan fingerprint density at radius 1 is 1.11 bits per heavy atom. The molecule has 0 spiro atoms. The first-order valence-corrected chi connectivity index (χ1v) is 6.96. The summed E-state index contributed by atoms with van der Waals surface area (Å²) < 4.78 is 0. The highest BCUT2D eigenvalue weighted by molar-refractivity contribution is 5.36. The van der Waals surface area contributed by atoms with Gasteiger partial charge in [-0.15, -0.1) is 0 Å². The van der Waals surface area contributed by atoms with Crippen molar-refractivity contribution in [3.8, 4) is 0 Å². The first-order valence-electron chi connectivity index (χ1n) is 6.96. The Bertz CT molecular complexity index is 418. The van der Waals surface area contributed by atoms with Crippen molar-refractivity contribution in [3.05, 3.63) is 60.2 Å². The van der Waals surface area contributed by atoms with Gasteiger partial charge in [0, 0.05) is 11.5 Å². The van der Waals surface area contributed by atoms with Gasteiger partial charge in [0.2, 0.25) is 0 Å². The summed E-state index contributed by atoms with van der Waals surface area (Å²) in [6.45, 7) is 2.23. The molecule has 0 heterocycles. The smallest absolute Gasteiger partial charge is 0.0447 e. The van der Waals surface area contributed by atoms with Gasteiger partial charge in [0.05, 0.1) is 0 Å². The van der Waals surface area contributed by atoms with Gasteiger partial charge in [0.15, 0.2) is 0 Å². The molecule has 0 bridgehead atoms. The lowest BCUT2D eigenvalue weighted by Crippen LogP contribution is -2.44.